The molecule has 1 N–H and O–H groups in total. The van der Waals surface area contributed by atoms with Gasteiger partial charge in [0.2, 0.25) is 5.91 Å². The number of hydrogen-bond acceptors (Lipinski definition) is 5. The zero-order valence-corrected chi connectivity index (χ0v) is 22.8. The van der Waals surface area contributed by atoms with Gasteiger partial charge in [-0.3, -0.25) is 4.79 Å². The van der Waals surface area contributed by atoms with Crippen LogP contribution < -0.4 is 14.8 Å². The molecule has 0 atom stereocenters. The summed E-state index contributed by atoms with van der Waals surface area (Å²) in [7, 11) is 3.20. The molecule has 0 bridgehead atoms. The van der Waals surface area contributed by atoms with Crippen LogP contribution in [-0.4, -0.2) is 55.6 Å². The molecule has 0 aliphatic carbocycles. The van der Waals surface area contributed by atoms with E-state index in [9.17, 15) is 9.59 Å². The van der Waals surface area contributed by atoms with E-state index in [0.717, 1.165) is 27.3 Å². The maximum absolute atomic E-state index is 13.5. The number of hydrogen-bond donors (Lipinski definition) is 1. The van der Waals surface area contributed by atoms with Gasteiger partial charge < -0.3 is 24.6 Å². The second-order valence-corrected chi connectivity index (χ2v) is 9.78. The van der Waals surface area contributed by atoms with Gasteiger partial charge in [-0.15, -0.1) is 17.9 Å². The van der Waals surface area contributed by atoms with Gasteiger partial charge in [0.25, 0.3) is 0 Å². The Labute approximate surface area is 223 Å². The van der Waals surface area contributed by atoms with Crippen molar-refractivity contribution < 1.29 is 19.1 Å². The molecule has 0 aliphatic heterocycles. The maximum atomic E-state index is 13.5. The second-order valence-electron chi connectivity index (χ2n) is 8.75. The van der Waals surface area contributed by atoms with Crippen LogP contribution in [0.25, 0.3) is 0 Å². The van der Waals surface area contributed by atoms with Crippen molar-refractivity contribution in [2.45, 2.75) is 26.8 Å². The van der Waals surface area contributed by atoms with Crippen LogP contribution in [0.4, 0.5) is 10.5 Å². The van der Waals surface area contributed by atoms with Crippen molar-refractivity contribution in [1.29, 1.82) is 0 Å². The van der Waals surface area contributed by atoms with E-state index in [1.165, 1.54) is 4.90 Å². The lowest BCUT2D eigenvalue weighted by Gasteiger charge is -2.27. The predicted molar refractivity (Wildman–Crippen MR) is 150 cm³/mol. The summed E-state index contributed by atoms with van der Waals surface area (Å²) in [6, 6.07) is 15.2. The molecule has 3 rings (SSSR count). The quantitative estimate of drug-likeness (QED) is 0.312. The third-order valence-electron chi connectivity index (χ3n) is 5.98. The molecular formula is C29H35N3O4S. The lowest BCUT2D eigenvalue weighted by Crippen LogP contribution is -2.44. The Morgan fingerprint density at radius 1 is 1.03 bits per heavy atom. The number of anilines is 1. The molecule has 0 fully saturated rings. The number of urea groups is 1. The van der Waals surface area contributed by atoms with Crippen LogP contribution in [0, 0.1) is 13.8 Å². The van der Waals surface area contributed by atoms with E-state index in [1.807, 2.05) is 67.8 Å². The lowest BCUT2D eigenvalue weighted by atomic mass is 10.1. The Morgan fingerprint density at radius 2 is 1.81 bits per heavy atom. The minimum Gasteiger partial charge on any atom is -0.493 e. The fraction of sp³-hybridized carbons (Fsp3) is 0.310. The molecule has 37 heavy (non-hydrogen) atoms. The Balaban J connectivity index is 1.73. The highest BCUT2D eigenvalue weighted by atomic mass is 32.1. The summed E-state index contributed by atoms with van der Waals surface area (Å²) in [5.74, 6) is 1.18. The van der Waals surface area contributed by atoms with E-state index in [-0.39, 0.29) is 25.0 Å². The summed E-state index contributed by atoms with van der Waals surface area (Å²) >= 11 is 1.60. The Morgan fingerprint density at radius 3 is 2.46 bits per heavy atom. The Kier molecular flexibility index (Phi) is 10.1. The first-order valence-electron chi connectivity index (χ1n) is 12.1. The number of amides is 3. The van der Waals surface area contributed by atoms with E-state index in [4.69, 9.17) is 9.47 Å². The summed E-state index contributed by atoms with van der Waals surface area (Å²) in [5, 5.41) is 4.93. The Hall–Kier alpha value is -3.78. The van der Waals surface area contributed by atoms with Gasteiger partial charge >= 0.3 is 6.03 Å². The van der Waals surface area contributed by atoms with E-state index < -0.39 is 0 Å². The zero-order chi connectivity index (χ0) is 26.8. The summed E-state index contributed by atoms with van der Waals surface area (Å²) < 4.78 is 10.8. The molecule has 1 heterocycles. The minimum absolute atomic E-state index is 0.0555. The molecule has 0 unspecified atom stereocenters. The smallest absolute Gasteiger partial charge is 0.322 e. The zero-order valence-electron chi connectivity index (χ0n) is 22.0. The normalized spacial score (nSPS) is 10.5. The standard InChI is InChI=1S/C29H35N3O4S/c1-6-14-32(29(34)30-25-11-9-21(2)17-22(25)3)20-28(33)31(19-24-8-7-16-37-24)15-13-23-10-12-26(35-4)27(18-23)36-5/h6-12,16-18H,1,13-15,19-20H2,2-5H3,(H,30,34). The molecule has 8 heteroatoms. The van der Waals surface area contributed by atoms with Gasteiger partial charge in [-0.25, -0.2) is 4.79 Å². The van der Waals surface area contributed by atoms with Crippen molar-refractivity contribution >= 4 is 29.0 Å². The number of nitrogens with one attached hydrogen (secondary N) is 1. The molecule has 0 spiro atoms. The first-order chi connectivity index (χ1) is 17.8. The summed E-state index contributed by atoms with van der Waals surface area (Å²) in [5.41, 5.74) is 3.83. The SMILES string of the molecule is C=CCN(CC(=O)N(CCc1ccc(OC)c(OC)c1)Cc1cccs1)C(=O)Nc1ccc(C)cc1C. The molecule has 1 aromatic heterocycles. The third kappa shape index (κ3) is 7.85. The molecule has 3 amide bonds. The van der Waals surface area contributed by atoms with Gasteiger partial charge in [0, 0.05) is 23.7 Å². The van der Waals surface area contributed by atoms with E-state index >= 15 is 0 Å². The van der Waals surface area contributed by atoms with Crippen molar-refractivity contribution in [2.24, 2.45) is 0 Å². The number of thiophene rings is 1. The van der Waals surface area contributed by atoms with Crippen LogP contribution >= 0.6 is 11.3 Å². The second kappa shape index (κ2) is 13.5. The molecule has 0 saturated carbocycles. The largest absolute Gasteiger partial charge is 0.493 e. The highest BCUT2D eigenvalue weighted by Crippen LogP contribution is 2.28. The topological polar surface area (TPSA) is 71.1 Å². The average Bonchev–Trinajstić information content (AvgIpc) is 3.40. The number of benzene rings is 2. The molecule has 3 aromatic rings. The van der Waals surface area contributed by atoms with Crippen molar-refractivity contribution in [1.82, 2.24) is 9.80 Å². The van der Waals surface area contributed by atoms with Gasteiger partial charge in [-0.1, -0.05) is 35.9 Å². The minimum atomic E-state index is -0.337. The van der Waals surface area contributed by atoms with E-state index in [1.54, 1.807) is 36.5 Å². The summed E-state index contributed by atoms with van der Waals surface area (Å²) in [6.07, 6.45) is 2.26. The number of aryl methyl sites for hydroxylation is 2. The third-order valence-corrected chi connectivity index (χ3v) is 6.85. The number of carbonyl (C=O) groups is 2. The summed E-state index contributed by atoms with van der Waals surface area (Å²) in [4.78, 5) is 30.9. The van der Waals surface area contributed by atoms with E-state index in [0.29, 0.717) is 31.0 Å². The summed E-state index contributed by atoms with van der Waals surface area (Å²) in [6.45, 7) is 8.89. The highest BCUT2D eigenvalue weighted by Gasteiger charge is 2.22. The average molecular weight is 522 g/mol. The van der Waals surface area contributed by atoms with Crippen LogP contribution in [0.15, 0.2) is 66.6 Å². The monoisotopic (exact) mass is 521 g/mol. The lowest BCUT2D eigenvalue weighted by molar-refractivity contribution is -0.132. The van der Waals surface area contributed by atoms with Crippen LogP contribution in [0.3, 0.4) is 0 Å². The van der Waals surface area contributed by atoms with Gasteiger partial charge in [0.1, 0.15) is 6.54 Å². The van der Waals surface area contributed by atoms with Crippen LogP contribution in [0.2, 0.25) is 0 Å². The van der Waals surface area contributed by atoms with Crippen molar-refractivity contribution in [3.05, 3.63) is 88.1 Å². The van der Waals surface area contributed by atoms with Gasteiger partial charge in [-0.2, -0.15) is 0 Å². The molecule has 0 radical (unpaired) electrons. The fourth-order valence-electron chi connectivity index (χ4n) is 3.97. The molecule has 7 nitrogen and oxygen atoms in total. The molecule has 196 valence electrons. The van der Waals surface area contributed by atoms with Crippen LogP contribution in [0.1, 0.15) is 21.6 Å². The first kappa shape index (κ1) is 27.8. The van der Waals surface area contributed by atoms with Crippen molar-refractivity contribution in [3.8, 4) is 11.5 Å². The fourth-order valence-corrected chi connectivity index (χ4v) is 4.69. The number of rotatable bonds is 12. The van der Waals surface area contributed by atoms with Gasteiger partial charge in [-0.05, 0) is 61.0 Å². The first-order valence-corrected chi connectivity index (χ1v) is 13.0. The van der Waals surface area contributed by atoms with Crippen molar-refractivity contribution in [3.63, 3.8) is 0 Å². The van der Waals surface area contributed by atoms with E-state index in [2.05, 4.69) is 11.9 Å². The maximum Gasteiger partial charge on any atom is 0.322 e. The molecular weight excluding hydrogens is 486 g/mol. The van der Waals surface area contributed by atoms with Crippen LogP contribution in [0.5, 0.6) is 11.5 Å². The number of ether oxygens (including phenoxy) is 2. The number of methoxy groups -OCH3 is 2. The van der Waals surface area contributed by atoms with Gasteiger partial charge in [0.15, 0.2) is 11.5 Å². The van der Waals surface area contributed by atoms with Crippen molar-refractivity contribution in [2.75, 3.05) is 39.2 Å². The molecule has 2 aromatic carbocycles. The molecule has 0 aliphatic rings. The van der Waals surface area contributed by atoms with Gasteiger partial charge in [0.05, 0.1) is 20.8 Å². The van der Waals surface area contributed by atoms with Crippen LogP contribution in [-0.2, 0) is 17.8 Å². The molecule has 0 saturated heterocycles. The number of carbonyl (C=O) groups excluding carboxylic acids is 2. The highest BCUT2D eigenvalue weighted by molar-refractivity contribution is 7.09. The Bertz CT molecular complexity index is 1210. The number of nitrogens with zero attached hydrogens (tertiary/aromatic N) is 2. The predicted octanol–water partition coefficient (Wildman–Crippen LogP) is 5.67.